The summed E-state index contributed by atoms with van der Waals surface area (Å²) in [6.07, 6.45) is -9.38. The van der Waals surface area contributed by atoms with E-state index in [0.29, 0.717) is 11.1 Å². The Kier molecular flexibility index (Phi) is 5.46. The van der Waals surface area contributed by atoms with Crippen LogP contribution >= 0.6 is 0 Å². The maximum Gasteiger partial charge on any atom is 0.573 e. The Balaban J connectivity index is 2.35. The van der Waals surface area contributed by atoms with Gasteiger partial charge in [-0.3, -0.25) is 0 Å². The van der Waals surface area contributed by atoms with E-state index in [1.54, 1.807) is 0 Å². The number of rotatable bonds is 5. The Labute approximate surface area is 139 Å². The Hall–Kier alpha value is -2.42. The molecule has 0 aliphatic heterocycles. The van der Waals surface area contributed by atoms with E-state index in [0.717, 1.165) is 18.2 Å². The van der Waals surface area contributed by atoms with Gasteiger partial charge in [-0.1, -0.05) is 18.2 Å². The highest BCUT2D eigenvalue weighted by Gasteiger charge is 2.33. The summed E-state index contributed by atoms with van der Waals surface area (Å²) in [6.45, 7) is 0.0145. The van der Waals surface area contributed by atoms with Crippen molar-refractivity contribution in [2.75, 3.05) is 13.2 Å². The van der Waals surface area contributed by atoms with Crippen molar-refractivity contribution < 1.29 is 35.8 Å². The largest absolute Gasteiger partial charge is 0.573 e. The topological polar surface area (TPSA) is 44.5 Å². The minimum Gasteiger partial charge on any atom is -0.488 e. The second kappa shape index (κ2) is 7.22. The van der Waals surface area contributed by atoms with Gasteiger partial charge < -0.3 is 15.2 Å². The van der Waals surface area contributed by atoms with Crippen molar-refractivity contribution in [3.8, 4) is 22.6 Å². The van der Waals surface area contributed by atoms with Gasteiger partial charge in [0, 0.05) is 6.54 Å². The van der Waals surface area contributed by atoms with Crippen LogP contribution in [-0.4, -0.2) is 19.5 Å². The van der Waals surface area contributed by atoms with Crippen LogP contribution in [0.3, 0.4) is 0 Å². The Morgan fingerprint density at radius 3 is 1.92 bits per heavy atom. The number of benzene rings is 2. The zero-order valence-corrected chi connectivity index (χ0v) is 12.6. The number of hydrogen-bond donors (Lipinski definition) is 1. The molecule has 0 amide bonds. The molecule has 0 atom stereocenters. The van der Waals surface area contributed by atoms with Crippen molar-refractivity contribution in [3.63, 3.8) is 0 Å². The molecule has 0 bridgehead atoms. The lowest BCUT2D eigenvalue weighted by Crippen LogP contribution is -2.18. The summed E-state index contributed by atoms with van der Waals surface area (Å²) in [5.41, 5.74) is 5.19. The van der Waals surface area contributed by atoms with Crippen molar-refractivity contribution in [1.82, 2.24) is 0 Å². The third kappa shape index (κ3) is 5.28. The molecular weight excluding hydrogens is 352 g/mol. The van der Waals surface area contributed by atoms with Crippen molar-refractivity contribution in [3.05, 3.63) is 48.0 Å². The molecule has 2 aromatic rings. The van der Waals surface area contributed by atoms with Gasteiger partial charge in [-0.2, -0.15) is 13.2 Å². The van der Waals surface area contributed by atoms with Gasteiger partial charge in [0.1, 0.15) is 6.61 Å². The van der Waals surface area contributed by atoms with Gasteiger partial charge in [0.05, 0.1) is 5.56 Å². The zero-order chi connectivity index (χ0) is 18.7. The molecule has 0 spiro atoms. The third-order valence-corrected chi connectivity index (χ3v) is 3.09. The summed E-state index contributed by atoms with van der Waals surface area (Å²) in [6, 6.07) is 7.78. The van der Waals surface area contributed by atoms with Crippen LogP contribution in [0.2, 0.25) is 0 Å². The predicted molar refractivity (Wildman–Crippen MR) is 78.1 cm³/mol. The summed E-state index contributed by atoms with van der Waals surface area (Å²) in [7, 11) is 0. The van der Waals surface area contributed by atoms with Crippen LogP contribution < -0.4 is 15.2 Å². The molecule has 0 fully saturated rings. The molecule has 9 heteroatoms. The van der Waals surface area contributed by atoms with Crippen LogP contribution in [0.5, 0.6) is 11.5 Å². The molecule has 2 N–H and O–H groups in total. The van der Waals surface area contributed by atoms with E-state index in [1.165, 1.54) is 24.3 Å². The average Bonchev–Trinajstić information content (AvgIpc) is 2.52. The first-order valence-corrected chi connectivity index (χ1v) is 7.00. The van der Waals surface area contributed by atoms with E-state index in [4.69, 9.17) is 10.5 Å². The Bertz CT molecular complexity index is 710. The van der Waals surface area contributed by atoms with Crippen LogP contribution in [0.25, 0.3) is 11.1 Å². The first kappa shape index (κ1) is 18.9. The first-order valence-electron chi connectivity index (χ1n) is 7.00. The van der Waals surface area contributed by atoms with E-state index < -0.39 is 23.9 Å². The van der Waals surface area contributed by atoms with Gasteiger partial charge in [0.15, 0.2) is 11.5 Å². The van der Waals surface area contributed by atoms with Gasteiger partial charge in [-0.15, -0.1) is 13.2 Å². The van der Waals surface area contributed by atoms with Crippen LogP contribution in [-0.2, 0) is 6.18 Å². The molecule has 0 radical (unpaired) electrons. The van der Waals surface area contributed by atoms with Gasteiger partial charge in [0.25, 0.3) is 0 Å². The molecule has 25 heavy (non-hydrogen) atoms. The fourth-order valence-electron chi connectivity index (χ4n) is 2.03. The smallest absolute Gasteiger partial charge is 0.488 e. The van der Waals surface area contributed by atoms with Crippen molar-refractivity contribution >= 4 is 0 Å². The summed E-state index contributed by atoms with van der Waals surface area (Å²) >= 11 is 0. The highest BCUT2D eigenvalue weighted by molar-refractivity contribution is 5.67. The molecule has 0 saturated heterocycles. The molecular formula is C16H13F6NO2. The highest BCUT2D eigenvalue weighted by atomic mass is 19.4. The molecule has 2 rings (SSSR count). The SMILES string of the molecule is NCCOc1cc(-c2ccc(C(F)(F)F)cc2)ccc1OC(F)(F)F. The molecule has 3 nitrogen and oxygen atoms in total. The molecule has 0 unspecified atom stereocenters. The van der Waals surface area contributed by atoms with Crippen LogP contribution in [0, 0.1) is 0 Å². The van der Waals surface area contributed by atoms with Gasteiger partial charge in [-0.05, 0) is 35.4 Å². The van der Waals surface area contributed by atoms with Crippen LogP contribution in [0.4, 0.5) is 26.3 Å². The quantitative estimate of drug-likeness (QED) is 0.787. The number of ether oxygens (including phenoxy) is 2. The van der Waals surface area contributed by atoms with E-state index in [9.17, 15) is 26.3 Å². The molecule has 2 aromatic carbocycles. The summed E-state index contributed by atoms with van der Waals surface area (Å²) in [5.74, 6) is -0.767. The third-order valence-electron chi connectivity index (χ3n) is 3.09. The maximum absolute atomic E-state index is 12.6. The molecule has 0 saturated carbocycles. The van der Waals surface area contributed by atoms with E-state index >= 15 is 0 Å². The van der Waals surface area contributed by atoms with E-state index in [1.807, 2.05) is 0 Å². The van der Waals surface area contributed by atoms with Crippen molar-refractivity contribution in [1.29, 1.82) is 0 Å². The summed E-state index contributed by atoms with van der Waals surface area (Å²) in [5, 5.41) is 0. The Morgan fingerprint density at radius 1 is 0.800 bits per heavy atom. The molecule has 0 aliphatic carbocycles. The van der Waals surface area contributed by atoms with Crippen molar-refractivity contribution in [2.24, 2.45) is 5.73 Å². The zero-order valence-electron chi connectivity index (χ0n) is 12.6. The van der Waals surface area contributed by atoms with Gasteiger partial charge >= 0.3 is 12.5 Å². The highest BCUT2D eigenvalue weighted by Crippen LogP contribution is 2.37. The van der Waals surface area contributed by atoms with E-state index in [-0.39, 0.29) is 18.9 Å². The summed E-state index contributed by atoms with van der Waals surface area (Å²) < 4.78 is 84.0. The molecule has 0 aromatic heterocycles. The van der Waals surface area contributed by atoms with Crippen LogP contribution in [0.1, 0.15) is 5.56 Å². The van der Waals surface area contributed by atoms with Crippen LogP contribution in [0.15, 0.2) is 42.5 Å². The monoisotopic (exact) mass is 365 g/mol. The van der Waals surface area contributed by atoms with Gasteiger partial charge in [-0.25, -0.2) is 0 Å². The molecule has 0 aliphatic rings. The average molecular weight is 365 g/mol. The van der Waals surface area contributed by atoms with E-state index in [2.05, 4.69) is 4.74 Å². The second-order valence-corrected chi connectivity index (χ2v) is 4.92. The number of alkyl halides is 6. The Morgan fingerprint density at radius 2 is 1.40 bits per heavy atom. The summed E-state index contributed by atoms with van der Waals surface area (Å²) in [4.78, 5) is 0. The predicted octanol–water partition coefficient (Wildman–Crippen LogP) is 4.61. The number of nitrogens with two attached hydrogens (primary N) is 1. The fraction of sp³-hybridized carbons (Fsp3) is 0.250. The van der Waals surface area contributed by atoms with Gasteiger partial charge in [0.2, 0.25) is 0 Å². The lowest BCUT2D eigenvalue weighted by Gasteiger charge is -2.15. The fourth-order valence-corrected chi connectivity index (χ4v) is 2.03. The molecule has 0 heterocycles. The lowest BCUT2D eigenvalue weighted by molar-refractivity contribution is -0.275. The second-order valence-electron chi connectivity index (χ2n) is 4.92. The minimum absolute atomic E-state index is 0.0509. The van der Waals surface area contributed by atoms with Crippen molar-refractivity contribution in [2.45, 2.75) is 12.5 Å². The normalized spacial score (nSPS) is 12.1. The lowest BCUT2D eigenvalue weighted by atomic mass is 10.0. The maximum atomic E-state index is 12.6. The number of halogens is 6. The minimum atomic E-state index is -4.91. The first-order chi connectivity index (χ1) is 11.6. The molecule has 136 valence electrons. The number of hydrogen-bond acceptors (Lipinski definition) is 3. The standard InChI is InChI=1S/C16H13F6NO2/c17-15(18,19)12-4-1-10(2-5-12)11-3-6-13(25-16(20,21)22)14(9-11)24-8-7-23/h1-6,9H,7-8,23H2.